The van der Waals surface area contributed by atoms with Gasteiger partial charge < -0.3 is 0 Å². The van der Waals surface area contributed by atoms with Gasteiger partial charge in [0.25, 0.3) is 0 Å². The summed E-state index contributed by atoms with van der Waals surface area (Å²) in [7, 11) is 0. The van der Waals surface area contributed by atoms with Crippen molar-refractivity contribution < 1.29 is 4.79 Å². The van der Waals surface area contributed by atoms with Crippen molar-refractivity contribution in [3.05, 3.63) is 34.9 Å². The van der Waals surface area contributed by atoms with Gasteiger partial charge in [-0.2, -0.15) is 0 Å². The van der Waals surface area contributed by atoms with Gasteiger partial charge in [0.05, 0.1) is 0 Å². The van der Waals surface area contributed by atoms with Crippen molar-refractivity contribution in [3.8, 4) is 0 Å². The van der Waals surface area contributed by atoms with Gasteiger partial charge in [0.15, 0.2) is 5.78 Å². The molecule has 4 aliphatic carbocycles. The molecule has 2 saturated carbocycles. The van der Waals surface area contributed by atoms with Gasteiger partial charge in [-0.25, -0.2) is 0 Å². The largest absolute Gasteiger partial charge is 0.295 e. The zero-order chi connectivity index (χ0) is 13.9. The standard InChI is InChI=1S/C19H24O/c1-12-3-8-18-17-6-4-13-11-14(20)5-7-15(13)16(17)9-10-19(12,18)2/h11,17-18H,1,3-10H2,2H3/t17?,18?,19-/m1/s1. The van der Waals surface area contributed by atoms with Crippen LogP contribution in [0.5, 0.6) is 0 Å². The monoisotopic (exact) mass is 268 g/mol. The van der Waals surface area contributed by atoms with Crippen LogP contribution in [-0.4, -0.2) is 5.78 Å². The second kappa shape index (κ2) is 4.19. The number of ketones is 1. The van der Waals surface area contributed by atoms with Crippen LogP contribution in [0.15, 0.2) is 34.9 Å². The third-order valence-electron chi connectivity index (χ3n) is 6.69. The van der Waals surface area contributed by atoms with Crippen LogP contribution in [-0.2, 0) is 4.79 Å². The predicted octanol–water partition coefficient (Wildman–Crippen LogP) is 4.75. The number of allylic oxidation sites excluding steroid dienone is 5. The fourth-order valence-corrected chi connectivity index (χ4v) is 5.44. The van der Waals surface area contributed by atoms with E-state index in [9.17, 15) is 4.79 Å². The van der Waals surface area contributed by atoms with Crippen LogP contribution in [0.2, 0.25) is 0 Å². The summed E-state index contributed by atoms with van der Waals surface area (Å²) in [4.78, 5) is 11.6. The Balaban J connectivity index is 1.76. The Kier molecular flexibility index (Phi) is 2.64. The van der Waals surface area contributed by atoms with Crippen molar-refractivity contribution in [1.29, 1.82) is 0 Å². The summed E-state index contributed by atoms with van der Waals surface area (Å²) in [6.45, 7) is 6.83. The average molecular weight is 268 g/mol. The van der Waals surface area contributed by atoms with Crippen LogP contribution in [0, 0.1) is 17.3 Å². The molecule has 0 N–H and O–H groups in total. The van der Waals surface area contributed by atoms with Gasteiger partial charge >= 0.3 is 0 Å². The summed E-state index contributed by atoms with van der Waals surface area (Å²) in [5, 5.41) is 0. The Morgan fingerprint density at radius 2 is 2.00 bits per heavy atom. The van der Waals surface area contributed by atoms with Gasteiger partial charge in [-0.3, -0.25) is 4.79 Å². The molecule has 0 aromatic carbocycles. The highest BCUT2D eigenvalue weighted by atomic mass is 16.1. The minimum Gasteiger partial charge on any atom is -0.295 e. The van der Waals surface area contributed by atoms with E-state index in [1.807, 2.05) is 6.08 Å². The van der Waals surface area contributed by atoms with Crippen molar-refractivity contribution in [2.75, 3.05) is 0 Å². The first-order valence-corrected chi connectivity index (χ1v) is 8.23. The van der Waals surface area contributed by atoms with Crippen LogP contribution in [0.4, 0.5) is 0 Å². The molecule has 0 aromatic heterocycles. The molecular formula is C19H24O. The summed E-state index contributed by atoms with van der Waals surface area (Å²) in [6.07, 6.45) is 11.2. The van der Waals surface area contributed by atoms with E-state index in [1.54, 1.807) is 11.1 Å². The van der Waals surface area contributed by atoms with Crippen molar-refractivity contribution in [1.82, 2.24) is 0 Å². The number of carbonyl (C=O) groups is 1. The lowest BCUT2D eigenvalue weighted by atomic mass is 9.57. The van der Waals surface area contributed by atoms with E-state index in [-0.39, 0.29) is 0 Å². The molecule has 0 spiro atoms. The fourth-order valence-electron chi connectivity index (χ4n) is 5.44. The third kappa shape index (κ3) is 1.58. The topological polar surface area (TPSA) is 17.1 Å². The van der Waals surface area contributed by atoms with E-state index in [4.69, 9.17) is 0 Å². The summed E-state index contributed by atoms with van der Waals surface area (Å²) in [6, 6.07) is 0. The van der Waals surface area contributed by atoms with Crippen molar-refractivity contribution in [2.24, 2.45) is 17.3 Å². The molecule has 4 aliphatic rings. The van der Waals surface area contributed by atoms with E-state index in [0.29, 0.717) is 11.2 Å². The molecule has 0 amide bonds. The van der Waals surface area contributed by atoms with Crippen molar-refractivity contribution >= 4 is 5.78 Å². The normalized spacial score (nSPS) is 40.1. The molecule has 0 aromatic rings. The predicted molar refractivity (Wildman–Crippen MR) is 81.3 cm³/mol. The highest BCUT2D eigenvalue weighted by Gasteiger charge is 2.50. The number of fused-ring (bicyclic) bond motifs is 4. The Morgan fingerprint density at radius 3 is 2.85 bits per heavy atom. The smallest absolute Gasteiger partial charge is 0.156 e. The Bertz CT molecular complexity index is 562. The maximum Gasteiger partial charge on any atom is 0.156 e. The molecule has 20 heavy (non-hydrogen) atoms. The van der Waals surface area contributed by atoms with E-state index in [1.165, 1.54) is 43.3 Å². The molecular weight excluding hydrogens is 244 g/mol. The fraction of sp³-hybridized carbons (Fsp3) is 0.632. The molecule has 1 heteroatoms. The molecule has 106 valence electrons. The summed E-state index contributed by atoms with van der Waals surface area (Å²) in [5.41, 5.74) is 6.60. The highest BCUT2D eigenvalue weighted by molar-refractivity contribution is 5.93. The van der Waals surface area contributed by atoms with Crippen molar-refractivity contribution in [3.63, 3.8) is 0 Å². The Morgan fingerprint density at radius 1 is 1.15 bits per heavy atom. The minimum atomic E-state index is 0.345. The second-order valence-electron chi connectivity index (χ2n) is 7.45. The van der Waals surface area contributed by atoms with Crippen LogP contribution < -0.4 is 0 Å². The van der Waals surface area contributed by atoms with Gasteiger partial charge in [0.2, 0.25) is 0 Å². The lowest BCUT2D eigenvalue weighted by Crippen LogP contribution is -2.37. The summed E-state index contributed by atoms with van der Waals surface area (Å²) in [5.74, 6) is 1.96. The zero-order valence-corrected chi connectivity index (χ0v) is 12.5. The lowest BCUT2D eigenvalue weighted by Gasteiger charge is -2.47. The molecule has 2 unspecified atom stereocenters. The molecule has 4 rings (SSSR count). The lowest BCUT2D eigenvalue weighted by molar-refractivity contribution is -0.114. The molecule has 0 heterocycles. The van der Waals surface area contributed by atoms with E-state index < -0.39 is 0 Å². The SMILES string of the molecule is C=C1CCC2C3CCC4=CC(=O)CCC4=C3CC[C@]12C. The van der Waals surface area contributed by atoms with Crippen LogP contribution in [0.3, 0.4) is 0 Å². The highest BCUT2D eigenvalue weighted by Crippen LogP contribution is 2.61. The van der Waals surface area contributed by atoms with E-state index in [2.05, 4.69) is 13.5 Å². The maximum absolute atomic E-state index is 11.6. The summed E-state index contributed by atoms with van der Waals surface area (Å²) >= 11 is 0. The molecule has 2 fully saturated rings. The molecule has 0 aliphatic heterocycles. The average Bonchev–Trinajstić information content (AvgIpc) is 2.74. The molecule has 3 atom stereocenters. The molecule has 0 saturated heterocycles. The summed E-state index contributed by atoms with van der Waals surface area (Å²) < 4.78 is 0. The maximum atomic E-state index is 11.6. The quantitative estimate of drug-likeness (QED) is 0.579. The van der Waals surface area contributed by atoms with Gasteiger partial charge in [0, 0.05) is 6.42 Å². The van der Waals surface area contributed by atoms with Crippen molar-refractivity contribution in [2.45, 2.75) is 58.3 Å². The number of rotatable bonds is 0. The molecule has 0 radical (unpaired) electrons. The third-order valence-corrected chi connectivity index (χ3v) is 6.69. The van der Waals surface area contributed by atoms with Gasteiger partial charge in [-0.15, -0.1) is 0 Å². The van der Waals surface area contributed by atoms with Gasteiger partial charge in [0.1, 0.15) is 0 Å². The Hall–Kier alpha value is -1.11. The van der Waals surface area contributed by atoms with E-state index in [0.717, 1.165) is 31.1 Å². The number of hydrogen-bond acceptors (Lipinski definition) is 1. The Labute approximate surface area is 121 Å². The van der Waals surface area contributed by atoms with Crippen LogP contribution in [0.1, 0.15) is 58.3 Å². The number of carbonyl (C=O) groups excluding carboxylic acids is 1. The molecule has 0 bridgehead atoms. The minimum absolute atomic E-state index is 0.345. The zero-order valence-electron chi connectivity index (χ0n) is 12.5. The first-order chi connectivity index (χ1) is 9.59. The molecule has 1 nitrogen and oxygen atoms in total. The van der Waals surface area contributed by atoms with Crippen LogP contribution >= 0.6 is 0 Å². The first-order valence-electron chi connectivity index (χ1n) is 8.23. The van der Waals surface area contributed by atoms with Crippen LogP contribution in [0.25, 0.3) is 0 Å². The first kappa shape index (κ1) is 12.6. The van der Waals surface area contributed by atoms with Gasteiger partial charge in [-0.05, 0) is 79.4 Å². The van der Waals surface area contributed by atoms with E-state index >= 15 is 0 Å². The second-order valence-corrected chi connectivity index (χ2v) is 7.45. The van der Waals surface area contributed by atoms with Gasteiger partial charge in [-0.1, -0.05) is 24.6 Å². The number of hydrogen-bond donors (Lipinski definition) is 0.